The van der Waals surface area contributed by atoms with Crippen LogP contribution in [0.3, 0.4) is 0 Å². The fourth-order valence-corrected chi connectivity index (χ4v) is 1.52. The Morgan fingerprint density at radius 2 is 1.78 bits per heavy atom. The maximum absolute atomic E-state index is 12.5. The fraction of sp³-hybridized carbons (Fsp3) is 0.0833. The molecule has 92 valence electrons. The summed E-state index contributed by atoms with van der Waals surface area (Å²) >= 11 is 0. The molecule has 0 bridgehead atoms. The maximum Gasteiger partial charge on any atom is 0.280 e. The van der Waals surface area contributed by atoms with Gasteiger partial charge in [-0.25, -0.2) is 8.78 Å². The summed E-state index contributed by atoms with van der Waals surface area (Å²) in [7, 11) is 0. The summed E-state index contributed by atoms with van der Waals surface area (Å²) in [6.45, 7) is 0. The lowest BCUT2D eigenvalue weighted by molar-refractivity contribution is -0.384. The van der Waals surface area contributed by atoms with Crippen LogP contribution in [0.25, 0.3) is 11.1 Å². The van der Waals surface area contributed by atoms with Gasteiger partial charge < -0.3 is 0 Å². The van der Waals surface area contributed by atoms with Crippen molar-refractivity contribution in [1.29, 1.82) is 0 Å². The van der Waals surface area contributed by atoms with Gasteiger partial charge in [-0.15, -0.1) is 0 Å². The monoisotopic (exact) mass is 250 g/mol. The zero-order valence-corrected chi connectivity index (χ0v) is 9.09. The smallest absolute Gasteiger partial charge is 0.258 e. The molecule has 0 aliphatic rings. The SMILES string of the molecule is O=[N+]([O-])c1ccc(-c2ccnc(C(F)F)c2)cc1. The van der Waals surface area contributed by atoms with Gasteiger partial charge in [0, 0.05) is 18.3 Å². The molecule has 4 nitrogen and oxygen atoms in total. The number of non-ortho nitro benzene ring substituents is 1. The van der Waals surface area contributed by atoms with Crippen molar-refractivity contribution in [1.82, 2.24) is 4.98 Å². The summed E-state index contributed by atoms with van der Waals surface area (Å²) in [5.74, 6) is 0. The Hall–Kier alpha value is -2.37. The Labute approximate surface area is 101 Å². The molecular weight excluding hydrogens is 242 g/mol. The van der Waals surface area contributed by atoms with Crippen LogP contribution in [0.5, 0.6) is 0 Å². The van der Waals surface area contributed by atoms with Crippen LogP contribution in [0, 0.1) is 10.1 Å². The first-order valence-electron chi connectivity index (χ1n) is 5.07. The van der Waals surface area contributed by atoms with Crippen molar-refractivity contribution in [3.05, 3.63) is 58.4 Å². The Bertz CT molecular complexity index is 571. The van der Waals surface area contributed by atoms with E-state index in [1.165, 1.54) is 36.5 Å². The van der Waals surface area contributed by atoms with Crippen LogP contribution in [0.2, 0.25) is 0 Å². The average Bonchev–Trinajstić information content (AvgIpc) is 2.39. The number of rotatable bonds is 3. The van der Waals surface area contributed by atoms with Crippen molar-refractivity contribution in [2.45, 2.75) is 6.43 Å². The first-order valence-corrected chi connectivity index (χ1v) is 5.07. The third-order valence-electron chi connectivity index (χ3n) is 2.42. The van der Waals surface area contributed by atoms with E-state index in [1.807, 2.05) is 0 Å². The van der Waals surface area contributed by atoms with E-state index in [0.29, 0.717) is 11.1 Å². The van der Waals surface area contributed by atoms with Gasteiger partial charge in [0.1, 0.15) is 5.69 Å². The molecule has 0 unspecified atom stereocenters. The van der Waals surface area contributed by atoms with Gasteiger partial charge in [-0.05, 0) is 35.4 Å². The summed E-state index contributed by atoms with van der Waals surface area (Å²) < 4.78 is 25.0. The van der Waals surface area contributed by atoms with Crippen molar-refractivity contribution in [2.24, 2.45) is 0 Å². The number of nitro benzene ring substituents is 1. The van der Waals surface area contributed by atoms with Gasteiger partial charge in [0.2, 0.25) is 0 Å². The molecule has 0 aliphatic heterocycles. The number of nitro groups is 1. The molecule has 1 aromatic carbocycles. The average molecular weight is 250 g/mol. The van der Waals surface area contributed by atoms with Gasteiger partial charge in [0.25, 0.3) is 12.1 Å². The van der Waals surface area contributed by atoms with Gasteiger partial charge >= 0.3 is 0 Å². The van der Waals surface area contributed by atoms with Gasteiger partial charge in [-0.3, -0.25) is 15.1 Å². The van der Waals surface area contributed by atoms with Crippen LogP contribution in [0.1, 0.15) is 12.1 Å². The Morgan fingerprint density at radius 1 is 1.11 bits per heavy atom. The molecule has 18 heavy (non-hydrogen) atoms. The summed E-state index contributed by atoms with van der Waals surface area (Å²) in [5.41, 5.74) is 0.827. The number of alkyl halides is 2. The number of nitrogens with zero attached hydrogens (tertiary/aromatic N) is 2. The zero-order valence-electron chi connectivity index (χ0n) is 9.09. The molecule has 2 rings (SSSR count). The summed E-state index contributed by atoms with van der Waals surface area (Å²) in [6, 6.07) is 8.54. The lowest BCUT2D eigenvalue weighted by atomic mass is 10.1. The van der Waals surface area contributed by atoms with E-state index in [1.54, 1.807) is 6.07 Å². The summed E-state index contributed by atoms with van der Waals surface area (Å²) in [4.78, 5) is 13.5. The highest BCUT2D eigenvalue weighted by atomic mass is 19.3. The van der Waals surface area contributed by atoms with Gasteiger partial charge in [0.15, 0.2) is 0 Å². The predicted octanol–water partition coefficient (Wildman–Crippen LogP) is 3.59. The summed E-state index contributed by atoms with van der Waals surface area (Å²) in [6.07, 6.45) is -1.35. The van der Waals surface area contributed by atoms with Crippen LogP contribution in [0.4, 0.5) is 14.5 Å². The van der Waals surface area contributed by atoms with Crippen LogP contribution in [-0.2, 0) is 0 Å². The molecule has 0 saturated carbocycles. The van der Waals surface area contributed by atoms with Crippen molar-refractivity contribution >= 4 is 5.69 Å². The quantitative estimate of drug-likeness (QED) is 0.617. The Morgan fingerprint density at radius 3 is 2.33 bits per heavy atom. The van der Waals surface area contributed by atoms with E-state index in [0.717, 1.165) is 0 Å². The molecule has 1 heterocycles. The fourth-order valence-electron chi connectivity index (χ4n) is 1.52. The van der Waals surface area contributed by atoms with E-state index in [9.17, 15) is 18.9 Å². The molecule has 0 radical (unpaired) electrons. The van der Waals surface area contributed by atoms with Gasteiger partial charge in [-0.1, -0.05) is 0 Å². The molecule has 0 saturated heterocycles. The molecular formula is C12H8F2N2O2. The lowest BCUT2D eigenvalue weighted by Gasteiger charge is -2.03. The number of benzene rings is 1. The second-order valence-corrected chi connectivity index (χ2v) is 3.57. The molecule has 1 aromatic heterocycles. The van der Waals surface area contributed by atoms with E-state index < -0.39 is 11.3 Å². The minimum atomic E-state index is -2.64. The highest BCUT2D eigenvalue weighted by Gasteiger charge is 2.10. The molecule has 0 spiro atoms. The maximum atomic E-state index is 12.5. The van der Waals surface area contributed by atoms with Crippen LogP contribution in [0.15, 0.2) is 42.6 Å². The molecule has 0 aliphatic carbocycles. The number of aromatic nitrogens is 1. The van der Waals surface area contributed by atoms with Crippen molar-refractivity contribution < 1.29 is 13.7 Å². The van der Waals surface area contributed by atoms with Crippen molar-refractivity contribution in [2.75, 3.05) is 0 Å². The highest BCUT2D eigenvalue weighted by molar-refractivity contribution is 5.64. The second kappa shape index (κ2) is 4.87. The largest absolute Gasteiger partial charge is 0.280 e. The predicted molar refractivity (Wildman–Crippen MR) is 61.3 cm³/mol. The molecule has 0 atom stereocenters. The third kappa shape index (κ3) is 2.48. The molecule has 0 fully saturated rings. The van der Waals surface area contributed by atoms with Crippen LogP contribution in [-0.4, -0.2) is 9.91 Å². The van der Waals surface area contributed by atoms with E-state index in [2.05, 4.69) is 4.98 Å². The normalized spacial score (nSPS) is 10.6. The molecule has 0 N–H and O–H groups in total. The molecule has 0 amide bonds. The minimum absolute atomic E-state index is 0.0399. The zero-order chi connectivity index (χ0) is 13.1. The standard InChI is InChI=1S/C12H8F2N2O2/c13-12(14)11-7-9(5-6-15-11)8-1-3-10(4-2-8)16(17)18/h1-7,12H. The van der Waals surface area contributed by atoms with E-state index in [4.69, 9.17) is 0 Å². The topological polar surface area (TPSA) is 56.0 Å². The van der Waals surface area contributed by atoms with Crippen LogP contribution >= 0.6 is 0 Å². The number of hydrogen-bond donors (Lipinski definition) is 0. The van der Waals surface area contributed by atoms with E-state index in [-0.39, 0.29) is 11.4 Å². The van der Waals surface area contributed by atoms with Gasteiger partial charge in [0.05, 0.1) is 4.92 Å². The highest BCUT2D eigenvalue weighted by Crippen LogP contribution is 2.25. The lowest BCUT2D eigenvalue weighted by Crippen LogP contribution is -1.91. The molecule has 6 heteroatoms. The Kier molecular flexibility index (Phi) is 3.27. The minimum Gasteiger partial charge on any atom is -0.258 e. The van der Waals surface area contributed by atoms with Crippen molar-refractivity contribution in [3.8, 4) is 11.1 Å². The van der Waals surface area contributed by atoms with Crippen molar-refractivity contribution in [3.63, 3.8) is 0 Å². The first-order chi connectivity index (χ1) is 8.58. The van der Waals surface area contributed by atoms with E-state index >= 15 is 0 Å². The Balaban J connectivity index is 2.36. The number of pyridine rings is 1. The molecule has 2 aromatic rings. The second-order valence-electron chi connectivity index (χ2n) is 3.57. The summed E-state index contributed by atoms with van der Waals surface area (Å²) in [5, 5.41) is 10.5. The number of hydrogen-bond acceptors (Lipinski definition) is 3. The third-order valence-corrected chi connectivity index (χ3v) is 2.42. The number of halogens is 2. The van der Waals surface area contributed by atoms with Crippen LogP contribution < -0.4 is 0 Å². The first kappa shape index (κ1) is 12.1. The van der Waals surface area contributed by atoms with Gasteiger partial charge in [-0.2, -0.15) is 0 Å².